The van der Waals surface area contributed by atoms with Gasteiger partial charge in [0.1, 0.15) is 0 Å². The highest BCUT2D eigenvalue weighted by Crippen LogP contribution is 2.07. The summed E-state index contributed by atoms with van der Waals surface area (Å²) in [6.45, 7) is 0. The third-order valence-corrected chi connectivity index (χ3v) is 2.87. The van der Waals surface area contributed by atoms with Crippen molar-refractivity contribution in [2.75, 3.05) is 5.32 Å². The van der Waals surface area contributed by atoms with E-state index in [1.807, 2.05) is 30.3 Å². The molecule has 0 radical (unpaired) electrons. The maximum absolute atomic E-state index is 11.9. The summed E-state index contributed by atoms with van der Waals surface area (Å²) < 4.78 is 0. The van der Waals surface area contributed by atoms with Crippen molar-refractivity contribution in [2.45, 2.75) is 18.9 Å². The first-order chi connectivity index (χ1) is 9.25. The summed E-state index contributed by atoms with van der Waals surface area (Å²) >= 11 is 0. The fourth-order valence-electron chi connectivity index (χ4n) is 1.77. The van der Waals surface area contributed by atoms with Gasteiger partial charge in [-0.25, -0.2) is 0 Å². The van der Waals surface area contributed by atoms with E-state index in [2.05, 4.69) is 10.3 Å². The Bertz CT molecular complexity index is 513. The lowest BCUT2D eigenvalue weighted by molar-refractivity contribution is -0.117. The van der Waals surface area contributed by atoms with Crippen molar-refractivity contribution >= 4 is 11.6 Å². The van der Waals surface area contributed by atoms with Crippen molar-refractivity contribution in [1.29, 1.82) is 0 Å². The fraction of sp³-hybridized carbons (Fsp3) is 0.200. The summed E-state index contributed by atoms with van der Waals surface area (Å²) in [7, 11) is 0. The highest BCUT2D eigenvalue weighted by atomic mass is 16.2. The third kappa shape index (κ3) is 4.19. The summed E-state index contributed by atoms with van der Waals surface area (Å²) in [5, 5.41) is 2.77. The monoisotopic (exact) mass is 255 g/mol. The maximum atomic E-state index is 11.9. The predicted molar refractivity (Wildman–Crippen MR) is 75.6 cm³/mol. The van der Waals surface area contributed by atoms with Gasteiger partial charge >= 0.3 is 0 Å². The molecule has 4 heteroatoms. The number of benzene rings is 1. The molecule has 0 spiro atoms. The van der Waals surface area contributed by atoms with Gasteiger partial charge in [0.25, 0.3) is 0 Å². The average Bonchev–Trinajstić information content (AvgIpc) is 2.47. The quantitative estimate of drug-likeness (QED) is 0.858. The van der Waals surface area contributed by atoms with E-state index in [4.69, 9.17) is 5.73 Å². The van der Waals surface area contributed by atoms with Crippen molar-refractivity contribution in [3.05, 3.63) is 60.4 Å². The molecule has 0 bridgehead atoms. The van der Waals surface area contributed by atoms with Gasteiger partial charge in [-0.15, -0.1) is 0 Å². The summed E-state index contributed by atoms with van der Waals surface area (Å²) in [4.78, 5) is 15.8. The molecule has 0 aliphatic rings. The Balaban J connectivity index is 1.83. The Morgan fingerprint density at radius 2 is 1.84 bits per heavy atom. The minimum absolute atomic E-state index is 0.165. The highest BCUT2D eigenvalue weighted by Gasteiger charge is 2.13. The molecule has 1 aromatic heterocycles. The average molecular weight is 255 g/mol. The van der Waals surface area contributed by atoms with E-state index in [0.717, 1.165) is 12.1 Å². The van der Waals surface area contributed by atoms with Crippen molar-refractivity contribution < 1.29 is 4.79 Å². The van der Waals surface area contributed by atoms with Crippen LogP contribution in [0.3, 0.4) is 0 Å². The number of pyridine rings is 1. The molecule has 4 nitrogen and oxygen atoms in total. The standard InChI is InChI=1S/C15H17N3O/c16-14(7-6-12-4-2-1-3-5-12)15(19)18-13-8-10-17-11-9-13/h1-5,8-11,14H,6-7,16H2,(H,17,18,19). The van der Waals surface area contributed by atoms with Crippen LogP contribution in [-0.4, -0.2) is 16.9 Å². The Hall–Kier alpha value is -2.20. The molecule has 1 heterocycles. The largest absolute Gasteiger partial charge is 0.325 e. The lowest BCUT2D eigenvalue weighted by atomic mass is 10.1. The van der Waals surface area contributed by atoms with E-state index in [1.165, 1.54) is 5.56 Å². The minimum Gasteiger partial charge on any atom is -0.325 e. The van der Waals surface area contributed by atoms with Gasteiger partial charge in [0.05, 0.1) is 6.04 Å². The van der Waals surface area contributed by atoms with Gasteiger partial charge in [0, 0.05) is 18.1 Å². The number of nitrogens with two attached hydrogens (primary N) is 1. The zero-order chi connectivity index (χ0) is 13.5. The number of anilines is 1. The molecule has 0 aliphatic heterocycles. The maximum Gasteiger partial charge on any atom is 0.241 e. The number of amides is 1. The number of carbonyl (C=O) groups is 1. The van der Waals surface area contributed by atoms with Gasteiger partial charge in [0.2, 0.25) is 5.91 Å². The second-order valence-corrected chi connectivity index (χ2v) is 4.36. The summed E-state index contributed by atoms with van der Waals surface area (Å²) in [5.41, 5.74) is 7.79. The number of nitrogens with zero attached hydrogens (tertiary/aromatic N) is 1. The number of hydrogen-bond acceptors (Lipinski definition) is 3. The molecular weight excluding hydrogens is 238 g/mol. The molecule has 2 aromatic rings. The van der Waals surface area contributed by atoms with Gasteiger partial charge in [0.15, 0.2) is 0 Å². The minimum atomic E-state index is -0.506. The molecule has 3 N–H and O–H groups in total. The van der Waals surface area contributed by atoms with Crippen LogP contribution in [0.5, 0.6) is 0 Å². The van der Waals surface area contributed by atoms with Crippen molar-refractivity contribution in [3.63, 3.8) is 0 Å². The van der Waals surface area contributed by atoms with Crippen LogP contribution in [-0.2, 0) is 11.2 Å². The third-order valence-electron chi connectivity index (χ3n) is 2.87. The SMILES string of the molecule is NC(CCc1ccccc1)C(=O)Nc1ccncc1. The number of nitrogens with one attached hydrogen (secondary N) is 1. The second-order valence-electron chi connectivity index (χ2n) is 4.36. The van der Waals surface area contributed by atoms with Crippen molar-refractivity contribution in [3.8, 4) is 0 Å². The number of aromatic nitrogens is 1. The Kier molecular flexibility index (Phi) is 4.64. The molecule has 0 saturated carbocycles. The molecule has 98 valence electrons. The van der Waals surface area contributed by atoms with Crippen LogP contribution < -0.4 is 11.1 Å². The van der Waals surface area contributed by atoms with Gasteiger partial charge in [-0.1, -0.05) is 30.3 Å². The molecule has 1 aromatic carbocycles. The lowest BCUT2D eigenvalue weighted by Crippen LogP contribution is -2.36. The van der Waals surface area contributed by atoms with E-state index in [1.54, 1.807) is 24.5 Å². The Morgan fingerprint density at radius 1 is 1.16 bits per heavy atom. The number of rotatable bonds is 5. The fourth-order valence-corrected chi connectivity index (χ4v) is 1.77. The predicted octanol–water partition coefficient (Wildman–Crippen LogP) is 1.98. The topological polar surface area (TPSA) is 68.0 Å². The van der Waals surface area contributed by atoms with Crippen molar-refractivity contribution in [2.24, 2.45) is 5.73 Å². The van der Waals surface area contributed by atoms with E-state index < -0.39 is 6.04 Å². The molecular formula is C15H17N3O. The summed E-state index contributed by atoms with van der Waals surface area (Å²) in [5.74, 6) is -0.165. The number of carbonyl (C=O) groups excluding carboxylic acids is 1. The van der Waals surface area contributed by atoms with E-state index in [9.17, 15) is 4.79 Å². The van der Waals surface area contributed by atoms with Gasteiger partial charge in [-0.3, -0.25) is 9.78 Å². The first-order valence-corrected chi connectivity index (χ1v) is 6.26. The van der Waals surface area contributed by atoms with Crippen LogP contribution >= 0.6 is 0 Å². The first kappa shape index (κ1) is 13.2. The first-order valence-electron chi connectivity index (χ1n) is 6.26. The normalized spacial score (nSPS) is 11.8. The van der Waals surface area contributed by atoms with Crippen LogP contribution in [0, 0.1) is 0 Å². The molecule has 0 aliphatic carbocycles. The molecule has 1 amide bonds. The number of hydrogen-bond donors (Lipinski definition) is 2. The zero-order valence-electron chi connectivity index (χ0n) is 10.6. The zero-order valence-corrected chi connectivity index (χ0v) is 10.6. The molecule has 2 rings (SSSR count). The van der Waals surface area contributed by atoms with E-state index in [-0.39, 0.29) is 5.91 Å². The van der Waals surface area contributed by atoms with Crippen LogP contribution in [0.2, 0.25) is 0 Å². The van der Waals surface area contributed by atoms with Crippen LogP contribution in [0.15, 0.2) is 54.9 Å². The summed E-state index contributed by atoms with van der Waals surface area (Å²) in [6.07, 6.45) is 4.68. The molecule has 1 atom stereocenters. The molecule has 0 fully saturated rings. The molecule has 1 unspecified atom stereocenters. The second kappa shape index (κ2) is 6.66. The van der Waals surface area contributed by atoms with Crippen LogP contribution in [0.25, 0.3) is 0 Å². The van der Waals surface area contributed by atoms with Crippen molar-refractivity contribution in [1.82, 2.24) is 4.98 Å². The Labute approximate surface area is 112 Å². The van der Waals surface area contributed by atoms with Gasteiger partial charge in [-0.2, -0.15) is 0 Å². The van der Waals surface area contributed by atoms with Crippen LogP contribution in [0.4, 0.5) is 5.69 Å². The number of aryl methyl sites for hydroxylation is 1. The smallest absolute Gasteiger partial charge is 0.241 e. The van der Waals surface area contributed by atoms with Gasteiger partial charge in [-0.05, 0) is 30.5 Å². The van der Waals surface area contributed by atoms with E-state index >= 15 is 0 Å². The van der Waals surface area contributed by atoms with Gasteiger partial charge < -0.3 is 11.1 Å². The lowest BCUT2D eigenvalue weighted by Gasteiger charge is -2.12. The Morgan fingerprint density at radius 3 is 2.53 bits per heavy atom. The summed E-state index contributed by atoms with van der Waals surface area (Å²) in [6, 6.07) is 13.0. The highest BCUT2D eigenvalue weighted by molar-refractivity contribution is 5.94. The van der Waals surface area contributed by atoms with Crippen LogP contribution in [0.1, 0.15) is 12.0 Å². The molecule has 19 heavy (non-hydrogen) atoms. The molecule has 0 saturated heterocycles. The van der Waals surface area contributed by atoms with E-state index in [0.29, 0.717) is 6.42 Å².